The van der Waals surface area contributed by atoms with E-state index < -0.39 is 0 Å². The molecule has 0 aromatic heterocycles. The Kier molecular flexibility index (Phi) is 5.83. The molecule has 126 valence electrons. The monoisotopic (exact) mass is 316 g/mol. The van der Waals surface area contributed by atoms with Crippen molar-refractivity contribution in [3.63, 3.8) is 0 Å². The van der Waals surface area contributed by atoms with Crippen LogP contribution in [0, 0.1) is 5.41 Å². The summed E-state index contributed by atoms with van der Waals surface area (Å²) in [6, 6.07) is 8.41. The number of hydrogen-bond acceptors (Lipinski definition) is 3. The minimum Gasteiger partial charge on any atom is -0.378 e. The van der Waals surface area contributed by atoms with Crippen LogP contribution in [-0.2, 0) is 9.53 Å². The average Bonchev–Trinajstić information content (AvgIpc) is 2.53. The maximum atomic E-state index is 12.0. The molecule has 0 bridgehead atoms. The maximum Gasteiger partial charge on any atom is 0.244 e. The van der Waals surface area contributed by atoms with Crippen molar-refractivity contribution in [1.29, 1.82) is 0 Å². The first-order valence-corrected chi connectivity index (χ1v) is 8.27. The van der Waals surface area contributed by atoms with Crippen molar-refractivity contribution >= 4 is 17.7 Å². The van der Waals surface area contributed by atoms with E-state index in [2.05, 4.69) is 43.1 Å². The minimum atomic E-state index is -0.0512. The van der Waals surface area contributed by atoms with Gasteiger partial charge in [0.05, 0.1) is 13.2 Å². The number of nitrogens with zero attached hydrogens (tertiary/aromatic N) is 1. The van der Waals surface area contributed by atoms with Gasteiger partial charge in [-0.15, -0.1) is 0 Å². The van der Waals surface area contributed by atoms with Crippen LogP contribution in [0.3, 0.4) is 0 Å². The first-order chi connectivity index (χ1) is 10.9. The Bertz CT molecular complexity index is 537. The SMILES string of the molecule is CC(NC(=O)C=Cc1ccc(N2CCOCC2)cc1)C(C)(C)C. The molecule has 1 amide bonds. The van der Waals surface area contributed by atoms with E-state index in [-0.39, 0.29) is 17.4 Å². The lowest BCUT2D eigenvalue weighted by Gasteiger charge is -2.28. The Morgan fingerprint density at radius 3 is 2.39 bits per heavy atom. The molecule has 1 heterocycles. The average molecular weight is 316 g/mol. The normalized spacial score (nSPS) is 17.3. The lowest BCUT2D eigenvalue weighted by molar-refractivity contribution is -0.117. The van der Waals surface area contributed by atoms with Gasteiger partial charge < -0.3 is 15.0 Å². The molecule has 0 radical (unpaired) electrons. The summed E-state index contributed by atoms with van der Waals surface area (Å²) in [5.74, 6) is -0.0512. The van der Waals surface area contributed by atoms with Crippen LogP contribution in [0.2, 0.25) is 0 Å². The number of amides is 1. The van der Waals surface area contributed by atoms with Crippen molar-refractivity contribution in [2.75, 3.05) is 31.2 Å². The number of hydrogen-bond donors (Lipinski definition) is 1. The minimum absolute atomic E-state index is 0.0512. The molecule has 4 nitrogen and oxygen atoms in total. The number of ether oxygens (including phenoxy) is 1. The van der Waals surface area contributed by atoms with E-state index in [0.717, 1.165) is 31.9 Å². The van der Waals surface area contributed by atoms with Crippen molar-refractivity contribution < 1.29 is 9.53 Å². The fourth-order valence-electron chi connectivity index (χ4n) is 2.27. The van der Waals surface area contributed by atoms with Gasteiger partial charge in [-0.05, 0) is 36.1 Å². The standard InChI is InChI=1S/C19H28N2O2/c1-15(19(2,3)4)20-18(22)10-7-16-5-8-17(9-6-16)21-11-13-23-14-12-21/h5-10,15H,11-14H2,1-4H3,(H,20,22). The molecule has 1 aromatic rings. The molecule has 1 unspecified atom stereocenters. The van der Waals surface area contributed by atoms with Crippen LogP contribution in [0.5, 0.6) is 0 Å². The van der Waals surface area contributed by atoms with Crippen molar-refractivity contribution in [3.8, 4) is 0 Å². The van der Waals surface area contributed by atoms with Crippen LogP contribution in [0.4, 0.5) is 5.69 Å². The van der Waals surface area contributed by atoms with Crippen LogP contribution < -0.4 is 10.2 Å². The van der Waals surface area contributed by atoms with Crippen LogP contribution in [0.1, 0.15) is 33.3 Å². The fraction of sp³-hybridized carbons (Fsp3) is 0.526. The molecule has 1 aliphatic rings. The largest absolute Gasteiger partial charge is 0.378 e. The Morgan fingerprint density at radius 2 is 1.83 bits per heavy atom. The number of carbonyl (C=O) groups is 1. The van der Waals surface area contributed by atoms with Gasteiger partial charge >= 0.3 is 0 Å². The van der Waals surface area contributed by atoms with Gasteiger partial charge in [0.25, 0.3) is 0 Å². The second-order valence-electron chi connectivity index (χ2n) is 7.12. The summed E-state index contributed by atoms with van der Waals surface area (Å²) in [4.78, 5) is 14.3. The summed E-state index contributed by atoms with van der Waals surface area (Å²) in [5.41, 5.74) is 2.29. The third kappa shape index (κ3) is 5.39. The summed E-state index contributed by atoms with van der Waals surface area (Å²) in [6.45, 7) is 11.8. The number of benzene rings is 1. The molecule has 0 spiro atoms. The molecule has 1 saturated heterocycles. The predicted octanol–water partition coefficient (Wildman–Crippen LogP) is 3.09. The van der Waals surface area contributed by atoms with Crippen LogP contribution in [0.25, 0.3) is 6.08 Å². The third-order valence-electron chi connectivity index (χ3n) is 4.35. The first-order valence-electron chi connectivity index (χ1n) is 8.27. The number of rotatable bonds is 4. The van der Waals surface area contributed by atoms with Crippen LogP contribution in [0.15, 0.2) is 30.3 Å². The van der Waals surface area contributed by atoms with Gasteiger partial charge in [-0.2, -0.15) is 0 Å². The zero-order chi connectivity index (χ0) is 16.9. The second kappa shape index (κ2) is 7.64. The highest BCUT2D eigenvalue weighted by molar-refractivity contribution is 5.92. The van der Waals surface area contributed by atoms with Crippen molar-refractivity contribution in [2.45, 2.75) is 33.7 Å². The Labute approximate surface area is 139 Å². The molecule has 0 saturated carbocycles. The number of nitrogens with one attached hydrogen (secondary N) is 1. The molecule has 1 atom stereocenters. The molecule has 1 aromatic carbocycles. The van der Waals surface area contributed by atoms with E-state index in [0.29, 0.717) is 0 Å². The van der Waals surface area contributed by atoms with E-state index in [1.165, 1.54) is 5.69 Å². The van der Waals surface area contributed by atoms with E-state index in [1.54, 1.807) is 6.08 Å². The molecule has 1 fully saturated rings. The topological polar surface area (TPSA) is 41.6 Å². The van der Waals surface area contributed by atoms with Gasteiger partial charge in [0.1, 0.15) is 0 Å². The van der Waals surface area contributed by atoms with Gasteiger partial charge in [0, 0.05) is 30.9 Å². The number of anilines is 1. The first kappa shape index (κ1) is 17.5. The number of morpholine rings is 1. The summed E-state index contributed by atoms with van der Waals surface area (Å²) in [5, 5.41) is 3.01. The van der Waals surface area contributed by atoms with Crippen LogP contribution in [-0.4, -0.2) is 38.3 Å². The van der Waals surface area contributed by atoms with Gasteiger partial charge in [0.2, 0.25) is 5.91 Å². The smallest absolute Gasteiger partial charge is 0.244 e. The van der Waals surface area contributed by atoms with E-state index in [4.69, 9.17) is 4.74 Å². The Hall–Kier alpha value is -1.81. The van der Waals surface area contributed by atoms with E-state index in [9.17, 15) is 4.79 Å². The summed E-state index contributed by atoms with van der Waals surface area (Å²) >= 11 is 0. The Balaban J connectivity index is 1.91. The Morgan fingerprint density at radius 1 is 1.22 bits per heavy atom. The molecule has 2 rings (SSSR count). The van der Waals surface area contributed by atoms with Crippen molar-refractivity contribution in [1.82, 2.24) is 5.32 Å². The molecule has 1 aliphatic heterocycles. The maximum absolute atomic E-state index is 12.0. The van der Waals surface area contributed by atoms with E-state index >= 15 is 0 Å². The highest BCUT2D eigenvalue weighted by Crippen LogP contribution is 2.19. The zero-order valence-corrected chi connectivity index (χ0v) is 14.6. The predicted molar refractivity (Wildman–Crippen MR) is 95.6 cm³/mol. The quantitative estimate of drug-likeness (QED) is 0.868. The van der Waals surface area contributed by atoms with Crippen molar-refractivity contribution in [3.05, 3.63) is 35.9 Å². The van der Waals surface area contributed by atoms with Gasteiger partial charge in [-0.3, -0.25) is 4.79 Å². The summed E-state index contributed by atoms with van der Waals surface area (Å²) in [6.07, 6.45) is 3.46. The molecule has 1 N–H and O–H groups in total. The summed E-state index contributed by atoms with van der Waals surface area (Å²) in [7, 11) is 0. The van der Waals surface area contributed by atoms with Gasteiger partial charge in [-0.1, -0.05) is 32.9 Å². The highest BCUT2D eigenvalue weighted by Gasteiger charge is 2.20. The lowest BCUT2D eigenvalue weighted by Crippen LogP contribution is -2.40. The number of carbonyl (C=O) groups excluding carboxylic acids is 1. The van der Waals surface area contributed by atoms with Gasteiger partial charge in [-0.25, -0.2) is 0 Å². The van der Waals surface area contributed by atoms with Crippen LogP contribution >= 0.6 is 0 Å². The zero-order valence-electron chi connectivity index (χ0n) is 14.6. The molecule has 4 heteroatoms. The van der Waals surface area contributed by atoms with Gasteiger partial charge in [0.15, 0.2) is 0 Å². The fourth-order valence-corrected chi connectivity index (χ4v) is 2.27. The highest BCUT2D eigenvalue weighted by atomic mass is 16.5. The summed E-state index contributed by atoms with van der Waals surface area (Å²) < 4.78 is 5.37. The van der Waals surface area contributed by atoms with E-state index in [1.807, 2.05) is 25.1 Å². The van der Waals surface area contributed by atoms with Crippen molar-refractivity contribution in [2.24, 2.45) is 5.41 Å². The molecular weight excluding hydrogens is 288 g/mol. The molecular formula is C19H28N2O2. The second-order valence-corrected chi connectivity index (χ2v) is 7.12. The molecule has 23 heavy (non-hydrogen) atoms. The molecule has 0 aliphatic carbocycles. The lowest BCUT2D eigenvalue weighted by atomic mass is 9.88. The third-order valence-corrected chi connectivity index (χ3v) is 4.35.